The number of hydrogen-bond acceptors (Lipinski definition) is 3. The van der Waals surface area contributed by atoms with Crippen LogP contribution in [0.2, 0.25) is 0 Å². The van der Waals surface area contributed by atoms with Crippen molar-refractivity contribution in [3.63, 3.8) is 0 Å². The zero-order chi connectivity index (χ0) is 18.1. The quantitative estimate of drug-likeness (QED) is 0.774. The van der Waals surface area contributed by atoms with Crippen LogP contribution in [-0.2, 0) is 11.2 Å². The van der Waals surface area contributed by atoms with Crippen molar-refractivity contribution in [3.05, 3.63) is 35.9 Å². The van der Waals surface area contributed by atoms with Crippen molar-refractivity contribution >= 4 is 34.8 Å². The third-order valence-electron chi connectivity index (χ3n) is 2.67. The number of aliphatic hydroxyl groups excluding tert-OH is 1. The molecule has 1 aromatic rings. The Bertz CT molecular complexity index is 406. The molecule has 23 heavy (non-hydrogen) atoms. The molecule has 0 fully saturated rings. The first-order chi connectivity index (χ1) is 10.9. The molecule has 0 bridgehead atoms. The van der Waals surface area contributed by atoms with Crippen LogP contribution in [0.1, 0.15) is 39.7 Å². The summed E-state index contributed by atoms with van der Waals surface area (Å²) in [6.07, 6.45) is 2.45. The van der Waals surface area contributed by atoms with E-state index in [2.05, 4.69) is 69.1 Å². The van der Waals surface area contributed by atoms with Crippen LogP contribution in [0.4, 0.5) is 0 Å². The highest BCUT2D eigenvalue weighted by Gasteiger charge is 2.03. The number of aryl methyl sites for hydroxylation is 1. The molecule has 0 radical (unpaired) electrons. The third-order valence-corrected chi connectivity index (χ3v) is 3.05. The summed E-state index contributed by atoms with van der Waals surface area (Å²) in [4.78, 5) is 2.01. The number of benzene rings is 1. The van der Waals surface area contributed by atoms with Crippen molar-refractivity contribution in [2.45, 2.75) is 40.5 Å². The molecule has 0 heterocycles. The Labute approximate surface area is 151 Å². The first kappa shape index (κ1) is 23.9. The van der Waals surface area contributed by atoms with Gasteiger partial charge < -0.3 is 20.5 Å². The molecule has 0 atom stereocenters. The number of aliphatic hydroxyl groups is 1. The van der Waals surface area contributed by atoms with Crippen LogP contribution >= 0.6 is 24.4 Å². The van der Waals surface area contributed by atoms with Crippen molar-refractivity contribution in [2.24, 2.45) is 5.73 Å². The van der Waals surface area contributed by atoms with E-state index in [1.807, 2.05) is 11.8 Å². The Morgan fingerprint density at radius 1 is 1.09 bits per heavy atom. The zero-order valence-electron chi connectivity index (χ0n) is 14.6. The van der Waals surface area contributed by atoms with Gasteiger partial charge in [0.15, 0.2) is 0 Å². The highest BCUT2D eigenvalue weighted by Crippen LogP contribution is 2.00. The molecular weight excluding hydrogens is 328 g/mol. The zero-order valence-corrected chi connectivity index (χ0v) is 16.3. The summed E-state index contributed by atoms with van der Waals surface area (Å²) in [6.45, 7) is 10.8. The van der Waals surface area contributed by atoms with Gasteiger partial charge in [-0.25, -0.2) is 0 Å². The molecule has 132 valence electrons. The molecule has 0 aliphatic heterocycles. The van der Waals surface area contributed by atoms with Gasteiger partial charge in [0.2, 0.25) is 0 Å². The Morgan fingerprint density at radius 3 is 1.91 bits per heavy atom. The molecular formula is C17H30N2O2S2. The van der Waals surface area contributed by atoms with E-state index in [1.165, 1.54) is 18.4 Å². The van der Waals surface area contributed by atoms with Crippen molar-refractivity contribution in [2.75, 3.05) is 19.7 Å². The minimum atomic E-state index is -0.500. The second-order valence-electron chi connectivity index (χ2n) is 4.45. The predicted octanol–water partition coefficient (Wildman–Crippen LogP) is 4.08. The Balaban J connectivity index is 0. The van der Waals surface area contributed by atoms with E-state index < -0.39 is 5.17 Å². The fourth-order valence-corrected chi connectivity index (χ4v) is 2.01. The van der Waals surface area contributed by atoms with Gasteiger partial charge in [0.05, 0.1) is 6.61 Å². The third kappa shape index (κ3) is 16.8. The van der Waals surface area contributed by atoms with Crippen LogP contribution in [-0.4, -0.2) is 40.1 Å². The highest BCUT2D eigenvalue weighted by atomic mass is 32.1. The molecule has 0 saturated carbocycles. The lowest BCUT2D eigenvalue weighted by Gasteiger charge is -2.20. The van der Waals surface area contributed by atoms with Gasteiger partial charge >= 0.3 is 0 Å². The van der Waals surface area contributed by atoms with Gasteiger partial charge in [-0.15, -0.1) is 0 Å². The Kier molecular flexibility index (Phi) is 17.6. The van der Waals surface area contributed by atoms with Gasteiger partial charge in [0.25, 0.3) is 10.3 Å². The second kappa shape index (κ2) is 17.0. The lowest BCUT2D eigenvalue weighted by atomic mass is 10.1. The number of nitrogens with zero attached hydrogens (tertiary/aromatic N) is 1. The fourth-order valence-electron chi connectivity index (χ4n) is 1.63. The number of nitrogens with two attached hydrogens (primary N) is 1. The van der Waals surface area contributed by atoms with E-state index in [0.29, 0.717) is 11.8 Å². The minimum absolute atomic E-state index is 0.500. The van der Waals surface area contributed by atoms with Crippen LogP contribution in [0.15, 0.2) is 30.3 Å². The van der Waals surface area contributed by atoms with Crippen LogP contribution in [0, 0.1) is 0 Å². The molecule has 4 nitrogen and oxygen atoms in total. The first-order valence-corrected chi connectivity index (χ1v) is 8.68. The predicted molar refractivity (Wildman–Crippen MR) is 107 cm³/mol. The molecule has 3 N–H and O–H groups in total. The number of ether oxygens (including phenoxy) is 1. The molecule has 0 aromatic heterocycles. The maximum Gasteiger partial charge on any atom is 0.259 e. The SMILES string of the molecule is CCCc1ccccc1.CCOC(=S)N(CC)CC.NC(O)=S. The summed E-state index contributed by atoms with van der Waals surface area (Å²) in [5.41, 5.74) is 5.84. The van der Waals surface area contributed by atoms with E-state index in [4.69, 9.17) is 22.1 Å². The van der Waals surface area contributed by atoms with Crippen molar-refractivity contribution in [1.29, 1.82) is 0 Å². The monoisotopic (exact) mass is 358 g/mol. The van der Waals surface area contributed by atoms with Crippen molar-refractivity contribution in [3.8, 4) is 0 Å². The van der Waals surface area contributed by atoms with Crippen LogP contribution in [0.5, 0.6) is 0 Å². The second-order valence-corrected chi connectivity index (χ2v) is 5.21. The van der Waals surface area contributed by atoms with E-state index in [9.17, 15) is 0 Å². The molecule has 0 spiro atoms. The summed E-state index contributed by atoms with van der Waals surface area (Å²) < 4.78 is 5.14. The van der Waals surface area contributed by atoms with Gasteiger partial charge in [0, 0.05) is 13.1 Å². The van der Waals surface area contributed by atoms with E-state index in [1.54, 1.807) is 0 Å². The topological polar surface area (TPSA) is 58.7 Å². The average Bonchev–Trinajstić information content (AvgIpc) is 2.50. The highest BCUT2D eigenvalue weighted by molar-refractivity contribution is 7.80. The molecule has 0 amide bonds. The van der Waals surface area contributed by atoms with E-state index in [0.717, 1.165) is 13.1 Å². The molecule has 0 aliphatic carbocycles. The van der Waals surface area contributed by atoms with Crippen molar-refractivity contribution in [1.82, 2.24) is 4.90 Å². The molecule has 1 rings (SSSR count). The minimum Gasteiger partial charge on any atom is -0.487 e. The largest absolute Gasteiger partial charge is 0.487 e. The molecule has 6 heteroatoms. The molecule has 0 unspecified atom stereocenters. The maximum atomic E-state index is 7.56. The van der Waals surface area contributed by atoms with Crippen molar-refractivity contribution < 1.29 is 9.84 Å². The number of hydrogen-bond donors (Lipinski definition) is 2. The fraction of sp³-hybridized carbons (Fsp3) is 0.529. The van der Waals surface area contributed by atoms with Crippen LogP contribution in [0.3, 0.4) is 0 Å². The summed E-state index contributed by atoms with van der Waals surface area (Å²) >= 11 is 8.85. The number of rotatable bonds is 5. The van der Waals surface area contributed by atoms with Crippen LogP contribution < -0.4 is 5.73 Å². The lowest BCUT2D eigenvalue weighted by molar-refractivity contribution is 0.264. The van der Waals surface area contributed by atoms with Gasteiger partial charge in [-0.05, 0) is 57.2 Å². The Morgan fingerprint density at radius 2 is 1.57 bits per heavy atom. The molecule has 0 saturated heterocycles. The smallest absolute Gasteiger partial charge is 0.259 e. The summed E-state index contributed by atoms with van der Waals surface area (Å²) in [5, 5.41) is 7.68. The standard InChI is InChI=1S/C9H12.C7H15NOS.CH3NOS/c1-2-6-9-7-4-3-5-8-9;1-4-8(5-2)7(10)9-6-3;2-1(3)4/h3-5,7-8H,2,6H2,1H3;4-6H2,1-3H3;(H3,2,3,4). The summed E-state index contributed by atoms with van der Waals surface area (Å²) in [6, 6.07) is 10.6. The van der Waals surface area contributed by atoms with Gasteiger partial charge in [-0.2, -0.15) is 0 Å². The maximum absolute atomic E-state index is 7.56. The summed E-state index contributed by atoms with van der Waals surface area (Å²) in [7, 11) is 0. The normalized spacial score (nSPS) is 8.70. The molecule has 0 aliphatic rings. The van der Waals surface area contributed by atoms with Gasteiger partial charge in [-0.1, -0.05) is 43.7 Å². The van der Waals surface area contributed by atoms with Gasteiger partial charge in [-0.3, -0.25) is 0 Å². The molecule has 1 aromatic carbocycles. The van der Waals surface area contributed by atoms with E-state index in [-0.39, 0.29) is 0 Å². The lowest BCUT2D eigenvalue weighted by Crippen LogP contribution is -2.30. The van der Waals surface area contributed by atoms with Crippen LogP contribution in [0.25, 0.3) is 0 Å². The average molecular weight is 359 g/mol. The number of thiocarbonyl (C=S) groups is 2. The van der Waals surface area contributed by atoms with E-state index >= 15 is 0 Å². The first-order valence-electron chi connectivity index (χ1n) is 7.86. The summed E-state index contributed by atoms with van der Waals surface area (Å²) in [5.74, 6) is 0. The van der Waals surface area contributed by atoms with Gasteiger partial charge in [0.1, 0.15) is 0 Å². The Hall–Kier alpha value is -1.40.